The van der Waals surface area contributed by atoms with Crippen molar-refractivity contribution in [3.63, 3.8) is 0 Å². The Kier molecular flexibility index (Phi) is 3.59. The van der Waals surface area contributed by atoms with Gasteiger partial charge in [0.2, 0.25) is 0 Å². The number of halogens is 1. The first kappa shape index (κ1) is 13.0. The summed E-state index contributed by atoms with van der Waals surface area (Å²) in [6.45, 7) is 0.722. The van der Waals surface area contributed by atoms with E-state index in [0.717, 1.165) is 18.2 Å². The van der Waals surface area contributed by atoms with Crippen LogP contribution in [0.2, 0.25) is 0 Å². The molecule has 2 nitrogen and oxygen atoms in total. The summed E-state index contributed by atoms with van der Waals surface area (Å²) >= 11 is 0. The van der Waals surface area contributed by atoms with E-state index in [9.17, 15) is 4.39 Å². The molecule has 0 radical (unpaired) electrons. The molecular weight excluding hydrogens is 253 g/mol. The fourth-order valence-electron chi connectivity index (χ4n) is 2.30. The summed E-state index contributed by atoms with van der Waals surface area (Å²) in [5.41, 5.74) is 3.52. The van der Waals surface area contributed by atoms with Crippen molar-refractivity contribution in [3.05, 3.63) is 59.4 Å². The second-order valence-electron chi connectivity index (χ2n) is 5.22. The van der Waals surface area contributed by atoms with Gasteiger partial charge in [0.05, 0.1) is 7.11 Å². The Labute approximate surface area is 118 Å². The number of benzene rings is 2. The van der Waals surface area contributed by atoms with Crippen LogP contribution in [-0.4, -0.2) is 7.11 Å². The molecule has 1 N–H and O–H groups in total. The van der Waals surface area contributed by atoms with Gasteiger partial charge in [-0.1, -0.05) is 24.3 Å². The van der Waals surface area contributed by atoms with Gasteiger partial charge in [-0.15, -0.1) is 0 Å². The Morgan fingerprint density at radius 2 is 1.90 bits per heavy atom. The number of ether oxygens (including phenoxy) is 1. The van der Waals surface area contributed by atoms with E-state index in [-0.39, 0.29) is 11.6 Å². The van der Waals surface area contributed by atoms with Crippen LogP contribution in [0.5, 0.6) is 5.75 Å². The van der Waals surface area contributed by atoms with Gasteiger partial charge in [-0.05, 0) is 42.0 Å². The normalized spacial score (nSPS) is 14.1. The Morgan fingerprint density at radius 3 is 2.55 bits per heavy atom. The minimum atomic E-state index is -0.341. The maximum Gasteiger partial charge on any atom is 0.165 e. The fourth-order valence-corrected chi connectivity index (χ4v) is 2.30. The lowest BCUT2D eigenvalue weighted by Crippen LogP contribution is -2.00. The summed E-state index contributed by atoms with van der Waals surface area (Å²) in [5, 5.41) is 3.28. The Hall–Kier alpha value is -2.03. The lowest BCUT2D eigenvalue weighted by atomic mass is 10.1. The molecule has 0 bridgehead atoms. The van der Waals surface area contributed by atoms with Crippen LogP contribution in [0.3, 0.4) is 0 Å². The molecule has 0 atom stereocenters. The van der Waals surface area contributed by atoms with Gasteiger partial charge in [0.15, 0.2) is 11.6 Å². The first-order valence-corrected chi connectivity index (χ1v) is 6.92. The Balaban J connectivity index is 1.63. The molecule has 0 spiro atoms. The molecule has 1 aliphatic rings. The van der Waals surface area contributed by atoms with Crippen molar-refractivity contribution in [2.45, 2.75) is 25.3 Å². The van der Waals surface area contributed by atoms with E-state index in [1.807, 2.05) is 0 Å². The van der Waals surface area contributed by atoms with Gasteiger partial charge in [-0.3, -0.25) is 0 Å². The first-order chi connectivity index (χ1) is 9.76. The molecule has 1 fully saturated rings. The molecule has 2 aromatic carbocycles. The summed E-state index contributed by atoms with van der Waals surface area (Å²) in [4.78, 5) is 0. The van der Waals surface area contributed by atoms with Crippen LogP contribution in [0, 0.1) is 5.82 Å². The third-order valence-electron chi connectivity index (χ3n) is 3.68. The van der Waals surface area contributed by atoms with Crippen molar-refractivity contribution in [1.29, 1.82) is 0 Å². The molecule has 3 rings (SSSR count). The van der Waals surface area contributed by atoms with Crippen LogP contribution in [0.4, 0.5) is 10.1 Å². The smallest absolute Gasteiger partial charge is 0.165 e. The predicted molar refractivity (Wildman–Crippen MR) is 78.7 cm³/mol. The average Bonchev–Trinajstić information content (AvgIpc) is 3.32. The number of hydrogen-bond donors (Lipinski definition) is 1. The first-order valence-electron chi connectivity index (χ1n) is 6.92. The molecule has 0 unspecified atom stereocenters. The van der Waals surface area contributed by atoms with Gasteiger partial charge in [0.1, 0.15) is 0 Å². The van der Waals surface area contributed by atoms with Crippen LogP contribution in [-0.2, 0) is 6.54 Å². The zero-order valence-corrected chi connectivity index (χ0v) is 11.5. The highest BCUT2D eigenvalue weighted by atomic mass is 19.1. The summed E-state index contributed by atoms with van der Waals surface area (Å²) in [6, 6.07) is 13.5. The maximum atomic E-state index is 13.3. The molecule has 2 aromatic rings. The number of methoxy groups -OCH3 is 1. The fraction of sp³-hybridized carbons (Fsp3) is 0.294. The van der Waals surface area contributed by atoms with Gasteiger partial charge in [-0.2, -0.15) is 0 Å². The zero-order chi connectivity index (χ0) is 13.9. The van der Waals surface area contributed by atoms with Gasteiger partial charge in [0.25, 0.3) is 0 Å². The molecular formula is C17H18FNO. The molecule has 0 saturated heterocycles. The maximum absolute atomic E-state index is 13.3. The SMILES string of the molecule is COc1cc(NCc2ccc(C3CC3)cc2)ccc1F. The molecule has 1 aliphatic carbocycles. The van der Waals surface area contributed by atoms with Gasteiger partial charge in [-0.25, -0.2) is 4.39 Å². The van der Waals surface area contributed by atoms with E-state index in [1.165, 1.54) is 37.1 Å². The molecule has 20 heavy (non-hydrogen) atoms. The summed E-state index contributed by atoms with van der Waals surface area (Å²) in [6.07, 6.45) is 2.65. The van der Waals surface area contributed by atoms with Crippen molar-refractivity contribution in [1.82, 2.24) is 0 Å². The Morgan fingerprint density at radius 1 is 1.15 bits per heavy atom. The van der Waals surface area contributed by atoms with Crippen LogP contribution < -0.4 is 10.1 Å². The zero-order valence-electron chi connectivity index (χ0n) is 11.5. The second kappa shape index (κ2) is 5.53. The van der Waals surface area contributed by atoms with E-state index in [2.05, 4.69) is 29.6 Å². The lowest BCUT2D eigenvalue weighted by Gasteiger charge is -2.09. The topological polar surface area (TPSA) is 21.3 Å². The molecule has 0 aromatic heterocycles. The van der Waals surface area contributed by atoms with Gasteiger partial charge >= 0.3 is 0 Å². The molecule has 104 valence electrons. The number of rotatable bonds is 5. The number of hydrogen-bond acceptors (Lipinski definition) is 2. The molecule has 0 amide bonds. The molecule has 1 saturated carbocycles. The van der Waals surface area contributed by atoms with Gasteiger partial charge < -0.3 is 10.1 Å². The average molecular weight is 271 g/mol. The van der Waals surface area contributed by atoms with Crippen LogP contribution >= 0.6 is 0 Å². The van der Waals surface area contributed by atoms with E-state index >= 15 is 0 Å². The number of nitrogens with one attached hydrogen (secondary N) is 1. The lowest BCUT2D eigenvalue weighted by molar-refractivity contribution is 0.387. The van der Waals surface area contributed by atoms with Gasteiger partial charge in [0, 0.05) is 18.3 Å². The van der Waals surface area contributed by atoms with Crippen LogP contribution in [0.25, 0.3) is 0 Å². The highest BCUT2D eigenvalue weighted by Gasteiger charge is 2.22. The highest BCUT2D eigenvalue weighted by Crippen LogP contribution is 2.39. The largest absolute Gasteiger partial charge is 0.494 e. The Bertz CT molecular complexity index is 590. The molecule has 0 aliphatic heterocycles. The van der Waals surface area contributed by atoms with Crippen molar-refractivity contribution >= 4 is 5.69 Å². The van der Waals surface area contributed by atoms with Crippen molar-refractivity contribution < 1.29 is 9.13 Å². The van der Waals surface area contributed by atoms with E-state index in [1.54, 1.807) is 12.1 Å². The van der Waals surface area contributed by atoms with Crippen LogP contribution in [0.1, 0.15) is 29.9 Å². The summed E-state index contributed by atoms with van der Waals surface area (Å²) in [7, 11) is 1.47. The number of anilines is 1. The third-order valence-corrected chi connectivity index (χ3v) is 3.68. The summed E-state index contributed by atoms with van der Waals surface area (Å²) < 4.78 is 18.3. The molecule has 3 heteroatoms. The van der Waals surface area contributed by atoms with Crippen molar-refractivity contribution in [3.8, 4) is 5.75 Å². The monoisotopic (exact) mass is 271 g/mol. The second-order valence-corrected chi connectivity index (χ2v) is 5.22. The van der Waals surface area contributed by atoms with Crippen LogP contribution in [0.15, 0.2) is 42.5 Å². The van der Waals surface area contributed by atoms with Crippen molar-refractivity contribution in [2.75, 3.05) is 12.4 Å². The highest BCUT2D eigenvalue weighted by molar-refractivity contribution is 5.49. The van der Waals surface area contributed by atoms with E-state index < -0.39 is 0 Å². The van der Waals surface area contributed by atoms with Crippen molar-refractivity contribution in [2.24, 2.45) is 0 Å². The molecule has 0 heterocycles. The van der Waals surface area contributed by atoms with E-state index in [4.69, 9.17) is 4.74 Å². The minimum Gasteiger partial charge on any atom is -0.494 e. The summed E-state index contributed by atoms with van der Waals surface area (Å²) in [5.74, 6) is 0.712. The third kappa shape index (κ3) is 2.93. The minimum absolute atomic E-state index is 0.263. The predicted octanol–water partition coefficient (Wildman–Crippen LogP) is 4.32. The standard InChI is InChI=1S/C17H18FNO/c1-20-17-10-15(8-9-16(17)18)19-11-12-2-4-13(5-3-12)14-6-7-14/h2-5,8-10,14,19H,6-7,11H2,1H3. The quantitative estimate of drug-likeness (QED) is 0.874. The van der Waals surface area contributed by atoms with E-state index in [0.29, 0.717) is 0 Å².